The van der Waals surface area contributed by atoms with Gasteiger partial charge in [0.25, 0.3) is 5.91 Å². The number of carbonyl (C=O) groups excluding carboxylic acids is 2. The van der Waals surface area contributed by atoms with Crippen molar-refractivity contribution in [2.24, 2.45) is 0 Å². The number of aliphatic hydroxyl groups excluding tert-OH is 1. The number of rotatable bonds is 11. The zero-order valence-corrected chi connectivity index (χ0v) is 25.3. The third-order valence-electron chi connectivity index (χ3n) is 7.15. The smallest absolute Gasteiger partial charge is 0.296 e. The van der Waals surface area contributed by atoms with Gasteiger partial charge in [-0.3, -0.25) is 14.5 Å². The molecule has 1 N–H and O–H groups in total. The average Bonchev–Trinajstić information content (AvgIpc) is 3.73. The van der Waals surface area contributed by atoms with Crippen LogP contribution in [0.2, 0.25) is 0 Å². The molecule has 0 saturated carbocycles. The Hall–Kier alpha value is -4.41. The number of fused-ring (bicyclic) bond motifs is 1. The summed E-state index contributed by atoms with van der Waals surface area (Å²) in [6.45, 7) is 4.73. The lowest BCUT2D eigenvalue weighted by molar-refractivity contribution is -0.117. The number of amides is 1. The number of aliphatic hydroxyl groups is 1. The molecule has 218 valence electrons. The molecule has 43 heavy (non-hydrogen) atoms. The molecule has 0 radical (unpaired) electrons. The number of carbonyl (C=O) groups is 2. The fraction of sp³-hybridized carbons (Fsp3) is 0.212. The number of furan rings is 1. The Morgan fingerprint density at radius 3 is 2.58 bits per heavy atom. The van der Waals surface area contributed by atoms with E-state index < -0.39 is 23.5 Å². The largest absolute Gasteiger partial charge is 0.503 e. The molecule has 3 heterocycles. The Balaban J connectivity index is 1.33. The molecule has 1 aliphatic rings. The van der Waals surface area contributed by atoms with Gasteiger partial charge in [0.2, 0.25) is 10.9 Å². The van der Waals surface area contributed by atoms with Gasteiger partial charge < -0.3 is 14.3 Å². The number of Topliss-reactive ketones (excluding diaryl/α,β-unsaturated/α-hetero) is 1. The second kappa shape index (κ2) is 12.4. The van der Waals surface area contributed by atoms with Gasteiger partial charge in [-0.05, 0) is 48.7 Å². The van der Waals surface area contributed by atoms with Gasteiger partial charge in [-0.1, -0.05) is 96.6 Å². The van der Waals surface area contributed by atoms with Crippen LogP contribution >= 0.6 is 23.1 Å². The maximum atomic E-state index is 13.9. The molecule has 0 unspecified atom stereocenters. The number of para-hydroxylation sites is 1. The fourth-order valence-electron chi connectivity index (χ4n) is 4.84. The molecule has 3 aromatic carbocycles. The first-order chi connectivity index (χ1) is 20.9. The lowest BCUT2D eigenvalue weighted by atomic mass is 9.95. The van der Waals surface area contributed by atoms with Crippen molar-refractivity contribution in [3.8, 4) is 5.75 Å². The van der Waals surface area contributed by atoms with Crippen molar-refractivity contribution in [3.63, 3.8) is 0 Å². The predicted octanol–water partition coefficient (Wildman–Crippen LogP) is 7.85. The number of benzene rings is 3. The number of nitrogens with zero attached hydrogens (tertiary/aromatic N) is 3. The van der Waals surface area contributed by atoms with E-state index in [2.05, 4.69) is 41.4 Å². The molecule has 1 aliphatic heterocycles. The molecular weight excluding hydrogens is 583 g/mol. The Morgan fingerprint density at radius 1 is 1.07 bits per heavy atom. The van der Waals surface area contributed by atoms with Crippen molar-refractivity contribution in [2.75, 3.05) is 11.5 Å². The van der Waals surface area contributed by atoms with Gasteiger partial charge in [-0.15, -0.1) is 10.2 Å². The van der Waals surface area contributed by atoms with Crippen molar-refractivity contribution in [1.82, 2.24) is 10.2 Å². The van der Waals surface area contributed by atoms with E-state index in [4.69, 9.17) is 9.15 Å². The van der Waals surface area contributed by atoms with E-state index in [0.717, 1.165) is 23.8 Å². The van der Waals surface area contributed by atoms with Gasteiger partial charge in [0, 0.05) is 11.1 Å². The fourth-order valence-corrected chi connectivity index (χ4v) is 6.67. The molecule has 0 saturated heterocycles. The number of ether oxygens (including phenoxy) is 1. The Labute approximate surface area is 257 Å². The lowest BCUT2D eigenvalue weighted by Crippen LogP contribution is -2.31. The molecule has 0 spiro atoms. The first kappa shape index (κ1) is 28.7. The van der Waals surface area contributed by atoms with Crippen LogP contribution in [0.5, 0.6) is 5.75 Å². The lowest BCUT2D eigenvalue weighted by Gasteiger charge is -2.24. The third kappa shape index (κ3) is 5.93. The topological polar surface area (TPSA) is 106 Å². The van der Waals surface area contributed by atoms with Gasteiger partial charge in [0.05, 0.1) is 18.2 Å². The Bertz CT molecular complexity index is 1780. The van der Waals surface area contributed by atoms with Gasteiger partial charge in [0.15, 0.2) is 15.9 Å². The van der Waals surface area contributed by atoms with E-state index in [9.17, 15) is 14.7 Å². The molecule has 2 aromatic heterocycles. The number of aryl methyl sites for hydroxylation is 1. The van der Waals surface area contributed by atoms with Crippen molar-refractivity contribution < 1.29 is 23.8 Å². The van der Waals surface area contributed by atoms with Crippen LogP contribution in [0.1, 0.15) is 53.1 Å². The molecule has 1 amide bonds. The van der Waals surface area contributed by atoms with Crippen LogP contribution in [0.15, 0.2) is 99.0 Å². The molecule has 0 bridgehead atoms. The van der Waals surface area contributed by atoms with Crippen LogP contribution in [0.25, 0.3) is 11.0 Å². The first-order valence-corrected chi connectivity index (χ1v) is 15.8. The number of aromatic nitrogens is 2. The highest BCUT2D eigenvalue weighted by Crippen LogP contribution is 2.44. The summed E-state index contributed by atoms with van der Waals surface area (Å²) < 4.78 is 12.3. The van der Waals surface area contributed by atoms with Gasteiger partial charge in [0.1, 0.15) is 11.3 Å². The summed E-state index contributed by atoms with van der Waals surface area (Å²) in [5, 5.41) is 20.8. The van der Waals surface area contributed by atoms with Gasteiger partial charge >= 0.3 is 0 Å². The van der Waals surface area contributed by atoms with E-state index in [1.807, 2.05) is 25.1 Å². The van der Waals surface area contributed by atoms with Crippen LogP contribution in [0.4, 0.5) is 5.13 Å². The average molecular weight is 612 g/mol. The second-order valence-electron chi connectivity index (χ2n) is 10.2. The summed E-state index contributed by atoms with van der Waals surface area (Å²) in [5.41, 5.74) is 3.40. The summed E-state index contributed by atoms with van der Waals surface area (Å²) in [4.78, 5) is 28.9. The van der Waals surface area contributed by atoms with E-state index in [1.165, 1.54) is 33.6 Å². The summed E-state index contributed by atoms with van der Waals surface area (Å²) in [6.07, 6.45) is 1.95. The Morgan fingerprint density at radius 2 is 1.84 bits per heavy atom. The van der Waals surface area contributed by atoms with Gasteiger partial charge in [-0.25, -0.2) is 0 Å². The second-order valence-corrected chi connectivity index (χ2v) is 12.4. The van der Waals surface area contributed by atoms with Crippen LogP contribution in [-0.4, -0.2) is 33.6 Å². The normalized spacial score (nSPS) is 15.1. The minimum absolute atomic E-state index is 0.0357. The van der Waals surface area contributed by atoms with Crippen LogP contribution in [0, 0.1) is 6.92 Å². The van der Waals surface area contributed by atoms with Crippen LogP contribution < -0.4 is 9.64 Å². The summed E-state index contributed by atoms with van der Waals surface area (Å²) in [5.74, 6) is -0.533. The van der Waals surface area contributed by atoms with E-state index in [0.29, 0.717) is 33.6 Å². The summed E-state index contributed by atoms with van der Waals surface area (Å²) in [7, 11) is 0. The number of ketones is 1. The maximum absolute atomic E-state index is 13.9. The van der Waals surface area contributed by atoms with Crippen LogP contribution in [0.3, 0.4) is 0 Å². The van der Waals surface area contributed by atoms with E-state index in [-0.39, 0.29) is 16.5 Å². The highest BCUT2D eigenvalue weighted by Gasteiger charge is 2.46. The number of unbranched alkanes of at least 4 members (excludes halogenated alkanes) is 1. The number of hydrogen-bond acceptors (Lipinski definition) is 9. The quantitative estimate of drug-likeness (QED) is 0.0697. The number of thioether (sulfide) groups is 1. The van der Waals surface area contributed by atoms with Crippen molar-refractivity contribution in [3.05, 3.63) is 113 Å². The van der Waals surface area contributed by atoms with Crippen molar-refractivity contribution >= 4 is 50.9 Å². The molecule has 6 rings (SSSR count). The van der Waals surface area contributed by atoms with Crippen LogP contribution in [-0.2, 0) is 10.5 Å². The molecule has 0 fully saturated rings. The highest BCUT2D eigenvalue weighted by molar-refractivity contribution is 8.00. The molecule has 1 atom stereocenters. The third-order valence-corrected chi connectivity index (χ3v) is 9.28. The Kier molecular flexibility index (Phi) is 8.31. The van der Waals surface area contributed by atoms with E-state index >= 15 is 0 Å². The molecule has 8 nitrogen and oxygen atoms in total. The summed E-state index contributed by atoms with van der Waals surface area (Å²) in [6, 6.07) is 23.4. The number of hydrogen-bond donors (Lipinski definition) is 1. The monoisotopic (exact) mass is 611 g/mol. The minimum Gasteiger partial charge on any atom is -0.503 e. The molecule has 5 aromatic rings. The van der Waals surface area contributed by atoms with Gasteiger partial charge in [-0.2, -0.15) is 0 Å². The SMILES string of the molecule is CCCCOc1ccc([C@H]2C(C(=O)c3cc4ccccc4o3)=C(O)C(=O)N2c2nnc(SCc3ccc(C)cc3)s2)cc1. The van der Waals surface area contributed by atoms with Crippen molar-refractivity contribution in [1.29, 1.82) is 0 Å². The highest BCUT2D eigenvalue weighted by atomic mass is 32.2. The van der Waals surface area contributed by atoms with E-state index in [1.54, 1.807) is 36.4 Å². The molecule has 10 heteroatoms. The van der Waals surface area contributed by atoms with Crippen molar-refractivity contribution in [2.45, 2.75) is 42.8 Å². The molecular formula is C33H29N3O5S2. The molecule has 0 aliphatic carbocycles. The summed E-state index contributed by atoms with van der Waals surface area (Å²) >= 11 is 2.74. The minimum atomic E-state index is -0.944. The standard InChI is InChI=1S/C33H29N3O5S2/c1-3-4-17-40-24-15-13-22(14-16-24)28-27(29(37)26-18-23-7-5-6-8-25(23)41-26)30(38)31(39)36(28)32-34-35-33(43-32)42-19-21-11-9-20(2)10-12-21/h5-16,18,28,38H,3-4,17,19H2,1-2H3/t28-/m0/s1. The predicted molar refractivity (Wildman–Crippen MR) is 168 cm³/mol. The first-order valence-electron chi connectivity index (χ1n) is 14.0. The zero-order valence-electron chi connectivity index (χ0n) is 23.6. The maximum Gasteiger partial charge on any atom is 0.296 e. The number of anilines is 1. The zero-order chi connectivity index (χ0) is 29.9.